The van der Waals surface area contributed by atoms with Crippen molar-refractivity contribution in [2.24, 2.45) is 5.92 Å². The Labute approximate surface area is 127 Å². The van der Waals surface area contributed by atoms with E-state index in [2.05, 4.69) is 0 Å². The van der Waals surface area contributed by atoms with Gasteiger partial charge in [0.1, 0.15) is 0 Å². The van der Waals surface area contributed by atoms with Crippen molar-refractivity contribution in [1.29, 1.82) is 0 Å². The zero-order chi connectivity index (χ0) is 15.1. The van der Waals surface area contributed by atoms with Crippen molar-refractivity contribution < 1.29 is 18.3 Å². The molecule has 0 aliphatic carbocycles. The van der Waals surface area contributed by atoms with Crippen LogP contribution < -0.4 is 0 Å². The molecule has 1 saturated heterocycles. The highest BCUT2D eigenvalue weighted by Crippen LogP contribution is 2.34. The van der Waals surface area contributed by atoms with E-state index in [-0.39, 0.29) is 17.5 Å². The number of rotatable bonds is 3. The lowest BCUT2D eigenvalue weighted by molar-refractivity contribution is -0.143. The quantitative estimate of drug-likeness (QED) is 0.919. The summed E-state index contributed by atoms with van der Waals surface area (Å²) in [5.74, 6) is -1.59. The SMILES string of the molecule is Cc1sc(Cl)cc1S(=O)(=O)N1C[C@@H](C(=O)O)CC[C@H]1C. The fourth-order valence-electron chi connectivity index (χ4n) is 2.42. The largest absolute Gasteiger partial charge is 0.481 e. The third-order valence-electron chi connectivity index (χ3n) is 3.60. The fourth-order valence-corrected chi connectivity index (χ4v) is 5.93. The summed E-state index contributed by atoms with van der Waals surface area (Å²) >= 11 is 7.08. The van der Waals surface area contributed by atoms with Gasteiger partial charge in [0.25, 0.3) is 0 Å². The number of hydrogen-bond donors (Lipinski definition) is 1. The predicted octanol–water partition coefficient (Wildman–Crippen LogP) is 2.58. The number of piperidine rings is 1. The van der Waals surface area contributed by atoms with Gasteiger partial charge < -0.3 is 5.11 Å². The van der Waals surface area contributed by atoms with E-state index in [4.69, 9.17) is 16.7 Å². The Morgan fingerprint density at radius 2 is 2.15 bits per heavy atom. The van der Waals surface area contributed by atoms with Crippen LogP contribution in [0.2, 0.25) is 4.34 Å². The van der Waals surface area contributed by atoms with Gasteiger partial charge in [0, 0.05) is 17.5 Å². The Hall–Kier alpha value is -0.630. The summed E-state index contributed by atoms with van der Waals surface area (Å²) in [6, 6.07) is 1.24. The standard InChI is InChI=1S/C12H16ClNO4S2/c1-7-3-4-9(12(15)16)6-14(7)20(17,18)10-5-11(13)19-8(10)2/h5,7,9H,3-4,6H2,1-2H3,(H,15,16)/t7-,9+/m1/s1. The van der Waals surface area contributed by atoms with Gasteiger partial charge in [-0.15, -0.1) is 11.3 Å². The molecule has 20 heavy (non-hydrogen) atoms. The summed E-state index contributed by atoms with van der Waals surface area (Å²) in [5, 5.41) is 9.10. The van der Waals surface area contributed by atoms with Crippen LogP contribution in [0.1, 0.15) is 24.6 Å². The van der Waals surface area contributed by atoms with Crippen LogP contribution in [-0.4, -0.2) is 36.4 Å². The molecule has 0 bridgehead atoms. The zero-order valence-electron chi connectivity index (χ0n) is 11.2. The monoisotopic (exact) mass is 337 g/mol. The molecular weight excluding hydrogens is 322 g/mol. The van der Waals surface area contributed by atoms with E-state index in [0.717, 1.165) is 0 Å². The van der Waals surface area contributed by atoms with Gasteiger partial charge in [0.2, 0.25) is 10.0 Å². The van der Waals surface area contributed by atoms with Crippen molar-refractivity contribution in [3.05, 3.63) is 15.3 Å². The van der Waals surface area contributed by atoms with E-state index >= 15 is 0 Å². The highest BCUT2D eigenvalue weighted by atomic mass is 35.5. The number of halogens is 1. The first-order valence-electron chi connectivity index (χ1n) is 6.24. The van der Waals surface area contributed by atoms with Gasteiger partial charge in [-0.1, -0.05) is 11.6 Å². The van der Waals surface area contributed by atoms with Crippen LogP contribution in [0, 0.1) is 12.8 Å². The van der Waals surface area contributed by atoms with E-state index < -0.39 is 21.9 Å². The third-order valence-corrected chi connectivity index (χ3v) is 7.02. The number of carbonyl (C=O) groups is 1. The van der Waals surface area contributed by atoms with Gasteiger partial charge in [0.05, 0.1) is 15.1 Å². The maximum absolute atomic E-state index is 12.7. The van der Waals surface area contributed by atoms with Gasteiger partial charge in [-0.2, -0.15) is 4.31 Å². The molecule has 8 heteroatoms. The van der Waals surface area contributed by atoms with Crippen molar-refractivity contribution >= 4 is 38.9 Å². The molecular formula is C12H16ClNO4S2. The number of nitrogens with zero attached hydrogens (tertiary/aromatic N) is 1. The van der Waals surface area contributed by atoms with Gasteiger partial charge in [-0.3, -0.25) is 4.79 Å². The number of carboxylic acid groups (broad SMARTS) is 1. The lowest BCUT2D eigenvalue weighted by atomic mass is 9.96. The normalized spacial score (nSPS) is 24.8. The Balaban J connectivity index is 2.37. The van der Waals surface area contributed by atoms with Gasteiger partial charge in [-0.25, -0.2) is 8.42 Å². The van der Waals surface area contributed by atoms with E-state index in [1.807, 2.05) is 0 Å². The maximum Gasteiger partial charge on any atom is 0.307 e. The van der Waals surface area contributed by atoms with Crippen molar-refractivity contribution in [3.63, 3.8) is 0 Å². The second-order valence-electron chi connectivity index (χ2n) is 5.01. The van der Waals surface area contributed by atoms with Crippen LogP contribution in [-0.2, 0) is 14.8 Å². The Morgan fingerprint density at radius 1 is 1.50 bits per heavy atom. The predicted molar refractivity (Wildman–Crippen MR) is 77.8 cm³/mol. The summed E-state index contributed by atoms with van der Waals surface area (Å²) in [4.78, 5) is 11.9. The summed E-state index contributed by atoms with van der Waals surface area (Å²) in [5.41, 5.74) is 0. The Kier molecular flexibility index (Phi) is 4.44. The molecule has 0 spiro atoms. The molecule has 2 heterocycles. The minimum atomic E-state index is -3.69. The highest BCUT2D eigenvalue weighted by Gasteiger charge is 2.38. The lowest BCUT2D eigenvalue weighted by Crippen LogP contribution is -2.47. The molecule has 2 atom stereocenters. The summed E-state index contributed by atoms with van der Waals surface area (Å²) in [6.45, 7) is 3.53. The molecule has 1 aromatic heterocycles. The molecule has 2 rings (SSSR count). The lowest BCUT2D eigenvalue weighted by Gasteiger charge is -2.35. The first kappa shape index (κ1) is 15.8. The topological polar surface area (TPSA) is 74.7 Å². The molecule has 1 aliphatic heterocycles. The molecule has 1 aliphatic rings. The summed E-state index contributed by atoms with van der Waals surface area (Å²) in [6.07, 6.45) is 1.05. The van der Waals surface area contributed by atoms with Crippen LogP contribution in [0.5, 0.6) is 0 Å². The second-order valence-corrected chi connectivity index (χ2v) is 8.75. The Morgan fingerprint density at radius 3 is 2.65 bits per heavy atom. The van der Waals surface area contributed by atoms with Crippen LogP contribution in [0.4, 0.5) is 0 Å². The number of thiophene rings is 1. The molecule has 112 valence electrons. The van der Waals surface area contributed by atoms with E-state index in [0.29, 0.717) is 22.1 Å². The van der Waals surface area contributed by atoms with Crippen molar-refractivity contribution in [2.45, 2.75) is 37.6 Å². The van der Waals surface area contributed by atoms with Crippen LogP contribution in [0.25, 0.3) is 0 Å². The first-order valence-corrected chi connectivity index (χ1v) is 8.87. The number of sulfonamides is 1. The van der Waals surface area contributed by atoms with Crippen LogP contribution >= 0.6 is 22.9 Å². The molecule has 0 saturated carbocycles. The number of hydrogen-bond acceptors (Lipinski definition) is 4. The molecule has 5 nitrogen and oxygen atoms in total. The summed E-state index contributed by atoms with van der Waals surface area (Å²) < 4.78 is 27.1. The summed E-state index contributed by atoms with van der Waals surface area (Å²) in [7, 11) is -3.69. The van der Waals surface area contributed by atoms with Gasteiger partial charge in [-0.05, 0) is 32.8 Å². The first-order chi connectivity index (χ1) is 9.23. The molecule has 0 unspecified atom stereocenters. The number of aliphatic carboxylic acids is 1. The minimum Gasteiger partial charge on any atom is -0.481 e. The van der Waals surface area contributed by atoms with E-state index in [1.165, 1.54) is 21.7 Å². The minimum absolute atomic E-state index is 0.0196. The molecule has 1 aromatic rings. The van der Waals surface area contributed by atoms with Crippen molar-refractivity contribution in [2.75, 3.05) is 6.54 Å². The van der Waals surface area contributed by atoms with Gasteiger partial charge >= 0.3 is 5.97 Å². The molecule has 0 amide bonds. The maximum atomic E-state index is 12.7. The molecule has 1 N–H and O–H groups in total. The van der Waals surface area contributed by atoms with Crippen LogP contribution in [0.15, 0.2) is 11.0 Å². The van der Waals surface area contributed by atoms with Crippen LogP contribution in [0.3, 0.4) is 0 Å². The fraction of sp³-hybridized carbons (Fsp3) is 0.583. The molecule has 0 radical (unpaired) electrons. The smallest absolute Gasteiger partial charge is 0.307 e. The average molecular weight is 338 g/mol. The van der Waals surface area contributed by atoms with E-state index in [1.54, 1.807) is 13.8 Å². The van der Waals surface area contributed by atoms with Gasteiger partial charge in [0.15, 0.2) is 0 Å². The number of carboxylic acids is 1. The second kappa shape index (κ2) is 5.63. The van der Waals surface area contributed by atoms with Crippen molar-refractivity contribution in [3.8, 4) is 0 Å². The highest BCUT2D eigenvalue weighted by molar-refractivity contribution is 7.89. The van der Waals surface area contributed by atoms with E-state index in [9.17, 15) is 13.2 Å². The average Bonchev–Trinajstić information content (AvgIpc) is 2.69. The Bertz CT molecular complexity index is 625. The third kappa shape index (κ3) is 2.86. The molecule has 1 fully saturated rings. The number of aryl methyl sites for hydroxylation is 1. The zero-order valence-corrected chi connectivity index (χ0v) is 13.6. The van der Waals surface area contributed by atoms with Crippen molar-refractivity contribution in [1.82, 2.24) is 4.31 Å². The molecule has 0 aromatic carbocycles.